The van der Waals surface area contributed by atoms with E-state index in [0.717, 1.165) is 5.56 Å². The zero-order chi connectivity index (χ0) is 14.7. The highest BCUT2D eigenvalue weighted by Crippen LogP contribution is 2.29. The van der Waals surface area contributed by atoms with Crippen LogP contribution in [-0.2, 0) is 4.74 Å². The van der Waals surface area contributed by atoms with Crippen molar-refractivity contribution in [1.82, 2.24) is 0 Å². The van der Waals surface area contributed by atoms with Gasteiger partial charge >= 0.3 is 5.97 Å². The lowest BCUT2D eigenvalue weighted by atomic mass is 10.0. The van der Waals surface area contributed by atoms with E-state index in [1.165, 1.54) is 19.2 Å². The number of phenols is 1. The van der Waals surface area contributed by atoms with Gasteiger partial charge in [0.2, 0.25) is 0 Å². The summed E-state index contributed by atoms with van der Waals surface area (Å²) in [6.07, 6.45) is 0.576. The Kier molecular flexibility index (Phi) is 4.05. The molecule has 0 aliphatic heterocycles. The third kappa shape index (κ3) is 2.65. The third-order valence-corrected chi connectivity index (χ3v) is 3.18. The monoisotopic (exact) mass is 290 g/mol. The Morgan fingerprint density at radius 1 is 1.20 bits per heavy atom. The van der Waals surface area contributed by atoms with Crippen molar-refractivity contribution in [3.05, 3.63) is 52.5 Å². The molecule has 2 aromatic carbocycles. The van der Waals surface area contributed by atoms with E-state index in [2.05, 4.69) is 4.74 Å². The molecule has 2 rings (SSSR count). The number of aldehydes is 1. The van der Waals surface area contributed by atoms with Crippen LogP contribution < -0.4 is 0 Å². The molecular formula is C15H11ClO4. The summed E-state index contributed by atoms with van der Waals surface area (Å²) in [5, 5.41) is 9.92. The van der Waals surface area contributed by atoms with Gasteiger partial charge in [-0.25, -0.2) is 4.79 Å². The third-order valence-electron chi connectivity index (χ3n) is 2.87. The van der Waals surface area contributed by atoms with Crippen molar-refractivity contribution >= 4 is 23.9 Å². The standard InChI is InChI=1S/C15H11ClO4/c1-20-15(19)12-5-4-9(6-13(12)16)10-2-3-11(8-17)14(18)7-10/h2-8,18H,1H3. The number of carbonyl (C=O) groups is 2. The molecule has 0 aliphatic carbocycles. The van der Waals surface area contributed by atoms with Crippen molar-refractivity contribution in [1.29, 1.82) is 0 Å². The van der Waals surface area contributed by atoms with Crippen molar-refractivity contribution in [2.75, 3.05) is 7.11 Å². The van der Waals surface area contributed by atoms with Crippen LogP contribution in [0, 0.1) is 0 Å². The lowest BCUT2D eigenvalue weighted by molar-refractivity contribution is 0.0601. The molecule has 0 unspecified atom stereocenters. The predicted molar refractivity (Wildman–Crippen MR) is 75.3 cm³/mol. The molecule has 0 aliphatic rings. The van der Waals surface area contributed by atoms with Crippen LogP contribution in [0.2, 0.25) is 5.02 Å². The topological polar surface area (TPSA) is 63.6 Å². The normalized spacial score (nSPS) is 10.1. The van der Waals surface area contributed by atoms with Gasteiger partial charge < -0.3 is 9.84 Å². The molecular weight excluding hydrogens is 280 g/mol. The van der Waals surface area contributed by atoms with E-state index in [9.17, 15) is 14.7 Å². The van der Waals surface area contributed by atoms with Crippen molar-refractivity contribution in [3.63, 3.8) is 0 Å². The zero-order valence-corrected chi connectivity index (χ0v) is 11.3. The summed E-state index contributed by atoms with van der Waals surface area (Å²) in [5.74, 6) is -0.619. The molecule has 1 N–H and O–H groups in total. The molecule has 20 heavy (non-hydrogen) atoms. The Morgan fingerprint density at radius 2 is 1.85 bits per heavy atom. The number of phenolic OH excluding ortho intramolecular Hbond substituents is 1. The second-order valence-electron chi connectivity index (χ2n) is 4.08. The first-order valence-electron chi connectivity index (χ1n) is 5.73. The van der Waals surface area contributed by atoms with E-state index < -0.39 is 5.97 Å². The summed E-state index contributed by atoms with van der Waals surface area (Å²) in [6, 6.07) is 9.50. The van der Waals surface area contributed by atoms with Gasteiger partial charge in [0, 0.05) is 0 Å². The van der Waals surface area contributed by atoms with Gasteiger partial charge in [0.05, 0.1) is 23.3 Å². The SMILES string of the molecule is COC(=O)c1ccc(-c2ccc(C=O)c(O)c2)cc1Cl. The Balaban J connectivity index is 2.44. The van der Waals surface area contributed by atoms with Crippen LogP contribution in [0.4, 0.5) is 0 Å². The Hall–Kier alpha value is -2.33. The molecule has 2 aromatic rings. The molecule has 0 heterocycles. The molecule has 102 valence electrons. The number of rotatable bonds is 3. The van der Waals surface area contributed by atoms with Gasteiger partial charge in [-0.05, 0) is 35.4 Å². The molecule has 5 heteroatoms. The smallest absolute Gasteiger partial charge is 0.339 e. The molecule has 0 radical (unpaired) electrons. The van der Waals surface area contributed by atoms with Crippen LogP contribution in [0.5, 0.6) is 5.75 Å². The molecule has 0 amide bonds. The van der Waals surface area contributed by atoms with Crippen LogP contribution >= 0.6 is 11.6 Å². The van der Waals surface area contributed by atoms with E-state index in [4.69, 9.17) is 11.6 Å². The van der Waals surface area contributed by atoms with Crippen molar-refractivity contribution in [2.24, 2.45) is 0 Å². The number of methoxy groups -OCH3 is 1. The van der Waals surface area contributed by atoms with Gasteiger partial charge in [-0.1, -0.05) is 23.7 Å². The van der Waals surface area contributed by atoms with Crippen LogP contribution in [-0.4, -0.2) is 24.5 Å². The van der Waals surface area contributed by atoms with Gasteiger partial charge in [-0.3, -0.25) is 4.79 Å². The largest absolute Gasteiger partial charge is 0.507 e. The number of carbonyl (C=O) groups excluding carboxylic acids is 2. The summed E-state index contributed by atoms with van der Waals surface area (Å²) >= 11 is 6.03. The van der Waals surface area contributed by atoms with Crippen LogP contribution in [0.15, 0.2) is 36.4 Å². The highest BCUT2D eigenvalue weighted by Gasteiger charge is 2.12. The van der Waals surface area contributed by atoms with E-state index >= 15 is 0 Å². The average Bonchev–Trinajstić information content (AvgIpc) is 2.46. The fraction of sp³-hybridized carbons (Fsp3) is 0.0667. The molecule has 0 bridgehead atoms. The van der Waals surface area contributed by atoms with Gasteiger partial charge in [-0.2, -0.15) is 0 Å². The number of benzene rings is 2. The van der Waals surface area contributed by atoms with E-state index in [0.29, 0.717) is 11.8 Å². The summed E-state index contributed by atoms with van der Waals surface area (Å²) in [5.41, 5.74) is 1.89. The maximum Gasteiger partial charge on any atom is 0.339 e. The maximum atomic E-state index is 11.4. The molecule has 0 atom stereocenters. The quantitative estimate of drug-likeness (QED) is 0.696. The van der Waals surface area contributed by atoms with Gasteiger partial charge in [-0.15, -0.1) is 0 Å². The molecule has 0 saturated heterocycles. The van der Waals surface area contributed by atoms with E-state index in [1.54, 1.807) is 24.3 Å². The molecule has 0 fully saturated rings. The minimum Gasteiger partial charge on any atom is -0.507 e. The summed E-state index contributed by atoms with van der Waals surface area (Å²) in [6.45, 7) is 0. The second kappa shape index (κ2) is 5.75. The Bertz CT molecular complexity index is 680. The Morgan fingerprint density at radius 3 is 2.40 bits per heavy atom. The average molecular weight is 291 g/mol. The highest BCUT2D eigenvalue weighted by molar-refractivity contribution is 6.33. The second-order valence-corrected chi connectivity index (χ2v) is 4.48. The number of hydrogen-bond donors (Lipinski definition) is 1. The Labute approximate surface area is 120 Å². The highest BCUT2D eigenvalue weighted by atomic mass is 35.5. The first-order valence-corrected chi connectivity index (χ1v) is 6.11. The van der Waals surface area contributed by atoms with Gasteiger partial charge in [0.25, 0.3) is 0 Å². The number of aromatic hydroxyl groups is 1. The van der Waals surface area contributed by atoms with Crippen molar-refractivity contribution in [3.8, 4) is 16.9 Å². The lowest BCUT2D eigenvalue weighted by Gasteiger charge is -2.07. The van der Waals surface area contributed by atoms with Crippen molar-refractivity contribution < 1.29 is 19.4 Å². The molecule has 4 nitrogen and oxygen atoms in total. The van der Waals surface area contributed by atoms with Crippen LogP contribution in [0.3, 0.4) is 0 Å². The van der Waals surface area contributed by atoms with E-state index in [-0.39, 0.29) is 21.9 Å². The fourth-order valence-electron chi connectivity index (χ4n) is 1.79. The summed E-state index contributed by atoms with van der Waals surface area (Å²) in [7, 11) is 1.28. The first kappa shape index (κ1) is 14.1. The molecule has 0 spiro atoms. The maximum absolute atomic E-state index is 11.4. The number of hydrogen-bond acceptors (Lipinski definition) is 4. The van der Waals surface area contributed by atoms with Gasteiger partial charge in [0.1, 0.15) is 5.75 Å². The predicted octanol–water partition coefficient (Wildman–Crippen LogP) is 3.31. The van der Waals surface area contributed by atoms with E-state index in [1.807, 2.05) is 0 Å². The molecule has 0 saturated carbocycles. The molecule has 0 aromatic heterocycles. The fourth-order valence-corrected chi connectivity index (χ4v) is 2.05. The number of esters is 1. The van der Waals surface area contributed by atoms with Crippen LogP contribution in [0.1, 0.15) is 20.7 Å². The minimum atomic E-state index is -0.513. The number of ether oxygens (including phenoxy) is 1. The first-order chi connectivity index (χ1) is 9.56. The zero-order valence-electron chi connectivity index (χ0n) is 10.6. The van der Waals surface area contributed by atoms with Crippen molar-refractivity contribution in [2.45, 2.75) is 0 Å². The van der Waals surface area contributed by atoms with Crippen LogP contribution in [0.25, 0.3) is 11.1 Å². The number of halogens is 1. The van der Waals surface area contributed by atoms with Gasteiger partial charge in [0.15, 0.2) is 6.29 Å². The summed E-state index contributed by atoms with van der Waals surface area (Å²) in [4.78, 5) is 22.1. The minimum absolute atomic E-state index is 0.106. The summed E-state index contributed by atoms with van der Waals surface area (Å²) < 4.78 is 4.61. The lowest BCUT2D eigenvalue weighted by Crippen LogP contribution is -2.01.